The summed E-state index contributed by atoms with van der Waals surface area (Å²) in [5, 5.41) is 2.97. The minimum absolute atomic E-state index is 0.0442. The normalized spacial score (nSPS) is 12.7. The number of hydrogen-bond donors (Lipinski definition) is 1. The molecule has 1 N–H and O–H groups in total. The molecule has 5 nitrogen and oxygen atoms in total. The van der Waals surface area contributed by atoms with Crippen molar-refractivity contribution in [1.82, 2.24) is 10.2 Å². The molecule has 0 saturated carbocycles. The van der Waals surface area contributed by atoms with Gasteiger partial charge in [-0.2, -0.15) is 0 Å². The first-order chi connectivity index (χ1) is 14.6. The predicted octanol–water partition coefficient (Wildman–Crippen LogP) is 5.54. The number of benzene rings is 2. The molecule has 2 aromatic carbocycles. The zero-order valence-electron chi connectivity index (χ0n) is 18.7. The third kappa shape index (κ3) is 7.35. The molecular formula is C24H30Br2N2O3. The number of nitrogens with one attached hydrogen (secondary N) is 1. The van der Waals surface area contributed by atoms with Crippen LogP contribution in [0.2, 0.25) is 0 Å². The lowest BCUT2D eigenvalue weighted by Gasteiger charge is -2.29. The Bertz CT molecular complexity index is 910. The van der Waals surface area contributed by atoms with E-state index in [-0.39, 0.29) is 24.5 Å². The van der Waals surface area contributed by atoms with Crippen LogP contribution >= 0.6 is 31.9 Å². The number of aryl methyl sites for hydroxylation is 2. The van der Waals surface area contributed by atoms with Gasteiger partial charge in [-0.15, -0.1) is 0 Å². The quantitative estimate of drug-likeness (QED) is 0.443. The molecule has 7 heteroatoms. The van der Waals surface area contributed by atoms with Crippen molar-refractivity contribution in [3.63, 3.8) is 0 Å². The molecule has 0 aliphatic rings. The maximum atomic E-state index is 13.1. The Balaban J connectivity index is 2.19. The molecule has 2 atom stereocenters. The Hall–Kier alpha value is -1.86. The van der Waals surface area contributed by atoms with Gasteiger partial charge in [-0.1, -0.05) is 50.9 Å². The summed E-state index contributed by atoms with van der Waals surface area (Å²) in [5.41, 5.74) is 3.01. The minimum atomic E-state index is -0.627. The SMILES string of the molecule is CC[C@@H](C)NC(=O)[C@@H](C)N(Cc1cccc(Br)c1)C(=O)COc1cc(C)c(Br)c(C)c1. The molecule has 31 heavy (non-hydrogen) atoms. The molecule has 168 valence electrons. The van der Waals surface area contributed by atoms with E-state index in [0.717, 1.165) is 32.1 Å². The third-order valence-corrected chi connectivity index (χ3v) is 6.93. The first-order valence-corrected chi connectivity index (χ1v) is 11.9. The molecule has 2 rings (SSSR count). The molecule has 0 aliphatic heterocycles. The molecule has 2 amide bonds. The summed E-state index contributed by atoms with van der Waals surface area (Å²) >= 11 is 7.01. The summed E-state index contributed by atoms with van der Waals surface area (Å²) < 4.78 is 7.75. The maximum absolute atomic E-state index is 13.1. The Morgan fingerprint density at radius 2 is 1.74 bits per heavy atom. The molecule has 0 unspecified atom stereocenters. The van der Waals surface area contributed by atoms with Gasteiger partial charge in [0.1, 0.15) is 11.8 Å². The predicted molar refractivity (Wildman–Crippen MR) is 131 cm³/mol. The summed E-state index contributed by atoms with van der Waals surface area (Å²) in [6.45, 7) is 9.84. The van der Waals surface area contributed by atoms with Crippen LogP contribution in [0.5, 0.6) is 5.75 Å². The summed E-state index contributed by atoms with van der Waals surface area (Å²) in [6.07, 6.45) is 0.823. The van der Waals surface area contributed by atoms with E-state index in [1.54, 1.807) is 11.8 Å². The van der Waals surface area contributed by atoms with Gasteiger partial charge in [0.2, 0.25) is 5.91 Å². The molecule has 0 fully saturated rings. The summed E-state index contributed by atoms with van der Waals surface area (Å²) in [5.74, 6) is 0.212. The standard InChI is InChI=1S/C24H30Br2N2O3/c1-6-17(4)27-24(30)18(5)28(13-19-8-7-9-20(25)12-19)22(29)14-31-21-10-15(2)23(26)16(3)11-21/h7-12,17-18H,6,13-14H2,1-5H3,(H,27,30)/t17-,18-/m1/s1. The van der Waals surface area contributed by atoms with Crippen molar-refractivity contribution in [1.29, 1.82) is 0 Å². The maximum Gasteiger partial charge on any atom is 0.261 e. The fourth-order valence-electron chi connectivity index (χ4n) is 3.10. The lowest BCUT2D eigenvalue weighted by Crippen LogP contribution is -2.50. The highest BCUT2D eigenvalue weighted by atomic mass is 79.9. The van der Waals surface area contributed by atoms with Crippen molar-refractivity contribution in [2.75, 3.05) is 6.61 Å². The van der Waals surface area contributed by atoms with Crippen LogP contribution < -0.4 is 10.1 Å². The second-order valence-corrected chi connectivity index (χ2v) is 9.51. The van der Waals surface area contributed by atoms with Gasteiger partial charge in [-0.25, -0.2) is 0 Å². The Labute approximate surface area is 201 Å². The highest BCUT2D eigenvalue weighted by molar-refractivity contribution is 9.10. The topological polar surface area (TPSA) is 58.6 Å². The van der Waals surface area contributed by atoms with E-state index in [4.69, 9.17) is 4.74 Å². The first-order valence-electron chi connectivity index (χ1n) is 10.4. The zero-order valence-corrected chi connectivity index (χ0v) is 21.8. The van der Waals surface area contributed by atoms with Crippen LogP contribution in [0, 0.1) is 13.8 Å². The van der Waals surface area contributed by atoms with Gasteiger partial charge in [-0.05, 0) is 75.1 Å². The van der Waals surface area contributed by atoms with Crippen LogP contribution in [0.1, 0.15) is 43.9 Å². The minimum Gasteiger partial charge on any atom is -0.484 e. The second-order valence-electron chi connectivity index (χ2n) is 7.81. The summed E-state index contributed by atoms with van der Waals surface area (Å²) in [4.78, 5) is 27.5. The average molecular weight is 554 g/mol. The number of nitrogens with zero attached hydrogens (tertiary/aromatic N) is 1. The number of amides is 2. The lowest BCUT2D eigenvalue weighted by atomic mass is 10.1. The molecule has 0 bridgehead atoms. The van der Waals surface area contributed by atoms with E-state index in [0.29, 0.717) is 12.3 Å². The third-order valence-electron chi connectivity index (χ3n) is 5.18. The second kappa shape index (κ2) is 11.7. The fraction of sp³-hybridized carbons (Fsp3) is 0.417. The van der Waals surface area contributed by atoms with Crippen molar-refractivity contribution >= 4 is 43.7 Å². The Kier molecular flexibility index (Phi) is 9.56. The van der Waals surface area contributed by atoms with E-state index in [9.17, 15) is 9.59 Å². The Morgan fingerprint density at radius 3 is 2.32 bits per heavy atom. The summed E-state index contributed by atoms with van der Waals surface area (Å²) in [7, 11) is 0. The zero-order chi connectivity index (χ0) is 23.1. The smallest absolute Gasteiger partial charge is 0.261 e. The molecule has 0 heterocycles. The van der Waals surface area contributed by atoms with Crippen molar-refractivity contribution < 1.29 is 14.3 Å². The number of carbonyl (C=O) groups excluding carboxylic acids is 2. The average Bonchev–Trinajstić information content (AvgIpc) is 2.73. The number of hydrogen-bond acceptors (Lipinski definition) is 3. The van der Waals surface area contributed by atoms with Crippen molar-refractivity contribution in [3.05, 3.63) is 62.0 Å². The molecular weight excluding hydrogens is 524 g/mol. The van der Waals surface area contributed by atoms with Crippen LogP contribution in [0.25, 0.3) is 0 Å². The van der Waals surface area contributed by atoms with E-state index in [1.807, 2.05) is 64.1 Å². The van der Waals surface area contributed by atoms with Crippen LogP contribution in [0.3, 0.4) is 0 Å². The van der Waals surface area contributed by atoms with Crippen LogP contribution in [0.15, 0.2) is 45.3 Å². The molecule has 2 aromatic rings. The van der Waals surface area contributed by atoms with Gasteiger partial charge < -0.3 is 15.0 Å². The number of carbonyl (C=O) groups is 2. The Morgan fingerprint density at radius 1 is 1.10 bits per heavy atom. The van der Waals surface area contributed by atoms with Crippen molar-refractivity contribution in [2.24, 2.45) is 0 Å². The summed E-state index contributed by atoms with van der Waals surface area (Å²) in [6, 6.07) is 10.9. The van der Waals surface area contributed by atoms with E-state index in [1.165, 1.54) is 0 Å². The van der Waals surface area contributed by atoms with Gasteiger partial charge in [-0.3, -0.25) is 9.59 Å². The van der Waals surface area contributed by atoms with Gasteiger partial charge >= 0.3 is 0 Å². The molecule has 0 aromatic heterocycles. The van der Waals surface area contributed by atoms with Gasteiger partial charge in [0.05, 0.1) is 0 Å². The van der Waals surface area contributed by atoms with Crippen LogP contribution in [0.4, 0.5) is 0 Å². The lowest BCUT2D eigenvalue weighted by molar-refractivity contribution is -0.142. The van der Waals surface area contributed by atoms with Gasteiger partial charge in [0.15, 0.2) is 6.61 Å². The van der Waals surface area contributed by atoms with Crippen LogP contribution in [-0.2, 0) is 16.1 Å². The van der Waals surface area contributed by atoms with E-state index in [2.05, 4.69) is 37.2 Å². The van der Waals surface area contributed by atoms with Crippen molar-refractivity contribution in [2.45, 2.75) is 59.7 Å². The highest BCUT2D eigenvalue weighted by Gasteiger charge is 2.27. The van der Waals surface area contributed by atoms with E-state index >= 15 is 0 Å². The monoisotopic (exact) mass is 552 g/mol. The van der Waals surface area contributed by atoms with E-state index < -0.39 is 6.04 Å². The highest BCUT2D eigenvalue weighted by Crippen LogP contribution is 2.26. The number of rotatable bonds is 9. The van der Waals surface area contributed by atoms with Crippen molar-refractivity contribution in [3.8, 4) is 5.75 Å². The fourth-order valence-corrected chi connectivity index (χ4v) is 3.77. The number of halogens is 2. The van der Waals surface area contributed by atoms with Gasteiger partial charge in [0.25, 0.3) is 5.91 Å². The van der Waals surface area contributed by atoms with Crippen LogP contribution in [-0.4, -0.2) is 35.4 Å². The van der Waals surface area contributed by atoms with Gasteiger partial charge in [0, 0.05) is 21.5 Å². The molecule has 0 saturated heterocycles. The molecule has 0 spiro atoms. The molecule has 0 radical (unpaired) electrons. The number of ether oxygens (including phenoxy) is 1. The molecule has 0 aliphatic carbocycles. The first kappa shape index (κ1) is 25.4. The largest absolute Gasteiger partial charge is 0.484 e.